The third-order valence-corrected chi connectivity index (χ3v) is 9.04. The van der Waals surface area contributed by atoms with Crippen molar-refractivity contribution in [1.82, 2.24) is 10.2 Å². The van der Waals surface area contributed by atoms with Crippen molar-refractivity contribution in [2.45, 2.75) is 109 Å². The van der Waals surface area contributed by atoms with Crippen LogP contribution < -0.4 is 15.5 Å². The van der Waals surface area contributed by atoms with Gasteiger partial charge in [-0.15, -0.1) is 0 Å². The van der Waals surface area contributed by atoms with Crippen LogP contribution in [0.3, 0.4) is 0 Å². The van der Waals surface area contributed by atoms with Gasteiger partial charge in [0.2, 0.25) is 0 Å². The Morgan fingerprint density at radius 1 is 1.07 bits per heavy atom. The SMILES string of the molecule is Cc1cc(B2OC(C)(C)C(C)(C)O2)ccc1O[C@@H]1CCN([C@H]2CO[C@H](c3cc(F)ccc3F)[C@@H](NC(=O)OC(C)(C)C)C2)C1. The Morgan fingerprint density at radius 2 is 1.77 bits per heavy atom. The van der Waals surface area contributed by atoms with Gasteiger partial charge < -0.3 is 28.8 Å². The average Bonchev–Trinajstić information content (AvgIpc) is 3.46. The van der Waals surface area contributed by atoms with Gasteiger partial charge in [0.05, 0.1) is 23.9 Å². The molecule has 1 amide bonds. The van der Waals surface area contributed by atoms with Crippen LogP contribution in [0.4, 0.5) is 13.6 Å². The van der Waals surface area contributed by atoms with E-state index < -0.39 is 53.8 Å². The Morgan fingerprint density at radius 3 is 2.43 bits per heavy atom. The van der Waals surface area contributed by atoms with Crippen molar-refractivity contribution in [1.29, 1.82) is 0 Å². The van der Waals surface area contributed by atoms with Gasteiger partial charge in [-0.3, -0.25) is 4.90 Å². The van der Waals surface area contributed by atoms with Crippen LogP contribution in [0.1, 0.15) is 78.5 Å². The standard InChI is InChI=1S/C33H45BF2N2O6/c1-20-15-21(34-43-32(5,6)33(7,8)44-34)9-12-28(20)41-24-13-14-38(18-24)23-17-27(37-30(39)42-31(2,3)4)29(40-19-23)25-16-22(35)10-11-26(25)36/h9-12,15-16,23-24,27,29H,13-14,17-19H2,1-8H3,(H,37,39)/t23-,24-,27+,29-/m1/s1. The molecule has 3 fully saturated rings. The maximum Gasteiger partial charge on any atom is 0.494 e. The van der Waals surface area contributed by atoms with Crippen LogP contribution in [-0.4, -0.2) is 72.8 Å². The molecule has 11 heteroatoms. The van der Waals surface area contributed by atoms with Crippen molar-refractivity contribution in [3.63, 3.8) is 0 Å². The first-order chi connectivity index (χ1) is 20.5. The molecular formula is C33H45BF2N2O6. The minimum Gasteiger partial charge on any atom is -0.489 e. The zero-order valence-electron chi connectivity index (χ0n) is 27.0. The van der Waals surface area contributed by atoms with E-state index >= 15 is 0 Å². The van der Waals surface area contributed by atoms with E-state index in [1.54, 1.807) is 20.8 Å². The summed E-state index contributed by atoms with van der Waals surface area (Å²) in [5, 5.41) is 2.87. The molecule has 2 aromatic rings. The fraction of sp³-hybridized carbons (Fsp3) is 0.606. The maximum atomic E-state index is 14.8. The number of carbonyl (C=O) groups is 1. The summed E-state index contributed by atoms with van der Waals surface area (Å²) in [4.78, 5) is 15.0. The van der Waals surface area contributed by atoms with E-state index in [2.05, 4.69) is 16.3 Å². The largest absolute Gasteiger partial charge is 0.494 e. The van der Waals surface area contributed by atoms with Crippen LogP contribution in [0.5, 0.6) is 5.75 Å². The van der Waals surface area contributed by atoms with Gasteiger partial charge in [0.15, 0.2) is 0 Å². The van der Waals surface area contributed by atoms with E-state index in [1.807, 2.05) is 46.8 Å². The number of carbonyl (C=O) groups excluding carboxylic acids is 1. The van der Waals surface area contributed by atoms with Crippen LogP contribution in [0.25, 0.3) is 0 Å². The molecule has 5 rings (SSSR count). The van der Waals surface area contributed by atoms with Gasteiger partial charge in [-0.05, 0) is 104 Å². The Balaban J connectivity index is 1.23. The van der Waals surface area contributed by atoms with Gasteiger partial charge in [0.25, 0.3) is 0 Å². The van der Waals surface area contributed by atoms with Gasteiger partial charge in [0.1, 0.15) is 35.2 Å². The van der Waals surface area contributed by atoms with Gasteiger partial charge in [-0.1, -0.05) is 12.1 Å². The molecule has 2 aromatic carbocycles. The number of rotatable bonds is 6. The Labute approximate surface area is 259 Å². The Kier molecular flexibility index (Phi) is 9.08. The van der Waals surface area contributed by atoms with Gasteiger partial charge in [-0.25, -0.2) is 13.6 Å². The molecule has 4 atom stereocenters. The molecule has 3 heterocycles. The number of nitrogens with one attached hydrogen (secondary N) is 1. The average molecular weight is 615 g/mol. The van der Waals surface area contributed by atoms with E-state index in [-0.39, 0.29) is 17.7 Å². The lowest BCUT2D eigenvalue weighted by molar-refractivity contribution is -0.0585. The zero-order valence-corrected chi connectivity index (χ0v) is 27.0. The smallest absolute Gasteiger partial charge is 0.489 e. The number of hydrogen-bond donors (Lipinski definition) is 1. The Bertz CT molecular complexity index is 1350. The number of likely N-dealkylation sites (tertiary alicyclic amines) is 1. The van der Waals surface area contributed by atoms with Crippen LogP contribution in [0.2, 0.25) is 0 Å². The van der Waals surface area contributed by atoms with Crippen LogP contribution in [0.15, 0.2) is 36.4 Å². The number of aryl methyl sites for hydroxylation is 1. The van der Waals surface area contributed by atoms with E-state index in [0.29, 0.717) is 19.6 Å². The highest BCUT2D eigenvalue weighted by Crippen LogP contribution is 2.37. The first kappa shape index (κ1) is 32.7. The fourth-order valence-electron chi connectivity index (χ4n) is 5.99. The third kappa shape index (κ3) is 7.22. The second kappa shape index (κ2) is 12.2. The Hall–Kier alpha value is -2.73. The number of alkyl carbamates (subject to hydrolysis) is 1. The molecule has 0 aromatic heterocycles. The molecule has 44 heavy (non-hydrogen) atoms. The molecular weight excluding hydrogens is 569 g/mol. The predicted molar refractivity (Wildman–Crippen MR) is 164 cm³/mol. The van der Waals surface area contributed by atoms with E-state index in [0.717, 1.165) is 47.9 Å². The summed E-state index contributed by atoms with van der Waals surface area (Å²) in [6.07, 6.45) is -0.216. The van der Waals surface area contributed by atoms with Gasteiger partial charge in [0, 0.05) is 24.7 Å². The van der Waals surface area contributed by atoms with Crippen molar-refractivity contribution in [3.05, 3.63) is 59.2 Å². The van der Waals surface area contributed by atoms with Crippen molar-refractivity contribution in [2.24, 2.45) is 0 Å². The number of nitrogens with zero attached hydrogens (tertiary/aromatic N) is 1. The number of ether oxygens (including phenoxy) is 3. The highest BCUT2D eigenvalue weighted by Gasteiger charge is 2.51. The number of benzene rings is 2. The molecule has 3 saturated heterocycles. The molecule has 0 aliphatic carbocycles. The quantitative estimate of drug-likeness (QED) is 0.434. The molecule has 0 saturated carbocycles. The summed E-state index contributed by atoms with van der Waals surface area (Å²) in [6, 6.07) is 8.62. The lowest BCUT2D eigenvalue weighted by Crippen LogP contribution is -2.52. The molecule has 3 aliphatic heterocycles. The lowest BCUT2D eigenvalue weighted by atomic mass is 9.78. The monoisotopic (exact) mass is 614 g/mol. The predicted octanol–water partition coefficient (Wildman–Crippen LogP) is 5.45. The van der Waals surface area contributed by atoms with E-state index in [9.17, 15) is 13.6 Å². The molecule has 1 N–H and O–H groups in total. The van der Waals surface area contributed by atoms with E-state index in [4.69, 9.17) is 23.5 Å². The second-order valence-electron chi connectivity index (χ2n) is 14.2. The lowest BCUT2D eigenvalue weighted by Gasteiger charge is -2.40. The van der Waals surface area contributed by atoms with Crippen LogP contribution in [0, 0.1) is 18.6 Å². The number of halogens is 2. The van der Waals surface area contributed by atoms with Crippen LogP contribution >= 0.6 is 0 Å². The summed E-state index contributed by atoms with van der Waals surface area (Å²) < 4.78 is 59.3. The molecule has 0 unspecified atom stereocenters. The number of hydrogen-bond acceptors (Lipinski definition) is 7. The normalized spacial score (nSPS) is 26.9. The maximum absolute atomic E-state index is 14.8. The molecule has 0 radical (unpaired) electrons. The third-order valence-electron chi connectivity index (χ3n) is 9.04. The van der Waals surface area contributed by atoms with Crippen molar-refractivity contribution in [3.8, 4) is 5.75 Å². The van der Waals surface area contributed by atoms with Crippen molar-refractivity contribution >= 4 is 18.7 Å². The summed E-state index contributed by atoms with van der Waals surface area (Å²) in [7, 11) is -0.437. The summed E-state index contributed by atoms with van der Waals surface area (Å²) in [5.74, 6) is -0.342. The summed E-state index contributed by atoms with van der Waals surface area (Å²) in [5.41, 5.74) is 0.491. The molecule has 3 aliphatic rings. The molecule has 0 spiro atoms. The molecule has 8 nitrogen and oxygen atoms in total. The minimum atomic E-state index is -0.853. The summed E-state index contributed by atoms with van der Waals surface area (Å²) >= 11 is 0. The molecule has 0 bridgehead atoms. The van der Waals surface area contributed by atoms with E-state index in [1.165, 1.54) is 0 Å². The topological polar surface area (TPSA) is 78.5 Å². The van der Waals surface area contributed by atoms with Gasteiger partial charge >= 0.3 is 13.2 Å². The summed E-state index contributed by atoms with van der Waals surface area (Å²) in [6.45, 7) is 17.2. The van der Waals surface area contributed by atoms with Gasteiger partial charge in [-0.2, -0.15) is 0 Å². The number of amides is 1. The van der Waals surface area contributed by atoms with Crippen molar-refractivity contribution < 1.29 is 37.1 Å². The van der Waals surface area contributed by atoms with Crippen LogP contribution in [-0.2, 0) is 18.8 Å². The minimum absolute atomic E-state index is 0.0351. The first-order valence-electron chi connectivity index (χ1n) is 15.4. The highest BCUT2D eigenvalue weighted by atomic mass is 19.1. The zero-order chi connectivity index (χ0) is 32.0. The highest BCUT2D eigenvalue weighted by molar-refractivity contribution is 6.62. The second-order valence-corrected chi connectivity index (χ2v) is 14.2. The van der Waals surface area contributed by atoms with Crippen molar-refractivity contribution in [2.75, 3.05) is 19.7 Å². The fourth-order valence-corrected chi connectivity index (χ4v) is 5.99. The molecule has 240 valence electrons. The first-order valence-corrected chi connectivity index (χ1v) is 15.4.